The second kappa shape index (κ2) is 4.63. The Morgan fingerprint density at radius 2 is 1.94 bits per heavy atom. The zero-order valence-corrected chi connectivity index (χ0v) is 10.3. The Morgan fingerprint density at radius 3 is 2.53 bits per heavy atom. The van der Waals surface area contributed by atoms with Crippen molar-refractivity contribution in [2.24, 2.45) is 0 Å². The third kappa shape index (κ3) is 2.50. The Morgan fingerprint density at radius 1 is 1.18 bits per heavy atom. The molecule has 0 amide bonds. The Hall–Kier alpha value is -1.74. The molecule has 0 aliphatic heterocycles. The van der Waals surface area contributed by atoms with Gasteiger partial charge in [-0.3, -0.25) is 4.79 Å². The van der Waals surface area contributed by atoms with E-state index in [1.807, 2.05) is 25.1 Å². The number of methoxy groups -OCH3 is 1. The zero-order chi connectivity index (χ0) is 12.4. The van der Waals surface area contributed by atoms with Gasteiger partial charge >= 0.3 is 0 Å². The predicted molar refractivity (Wildman–Crippen MR) is 68.8 cm³/mol. The van der Waals surface area contributed by atoms with Crippen molar-refractivity contribution in [3.05, 3.63) is 51.4 Å². The molecule has 2 rings (SSSR count). The van der Waals surface area contributed by atoms with Gasteiger partial charge in [0.25, 0.3) is 0 Å². The van der Waals surface area contributed by atoms with Crippen LogP contribution in [0.3, 0.4) is 0 Å². The molecule has 0 radical (unpaired) electrons. The second-order valence-electron chi connectivity index (χ2n) is 3.77. The first-order chi connectivity index (χ1) is 8.10. The molecule has 0 aliphatic rings. The fourth-order valence-corrected chi connectivity index (χ4v) is 1.94. The van der Waals surface area contributed by atoms with E-state index in [0.29, 0.717) is 5.15 Å². The van der Waals surface area contributed by atoms with Crippen LogP contribution in [0.15, 0.2) is 35.1 Å². The maximum atomic E-state index is 11.3. The highest BCUT2D eigenvalue weighted by Crippen LogP contribution is 2.26. The highest BCUT2D eigenvalue weighted by molar-refractivity contribution is 6.29. The van der Waals surface area contributed by atoms with Crippen molar-refractivity contribution in [2.75, 3.05) is 7.11 Å². The lowest BCUT2D eigenvalue weighted by Crippen LogP contribution is -2.03. The Kier molecular flexibility index (Phi) is 3.20. The topological polar surface area (TPSA) is 42.1 Å². The molecule has 1 N–H and O–H groups in total. The van der Waals surface area contributed by atoms with Crippen molar-refractivity contribution >= 4 is 11.6 Å². The summed E-state index contributed by atoms with van der Waals surface area (Å²) >= 11 is 5.82. The van der Waals surface area contributed by atoms with Crippen LogP contribution in [-0.4, -0.2) is 12.1 Å². The summed E-state index contributed by atoms with van der Waals surface area (Å²) in [5.74, 6) is 0.824. The molecule has 2 aromatic rings. The van der Waals surface area contributed by atoms with Gasteiger partial charge in [-0.1, -0.05) is 17.7 Å². The standard InChI is InChI=1S/C13H12ClNO2/c1-8-5-9(3-4-11(8)17-2)10-6-12(14)15-13(16)7-10/h3-7H,1-2H3,(H,15,16). The Labute approximate surface area is 104 Å². The van der Waals surface area contributed by atoms with E-state index in [9.17, 15) is 4.79 Å². The molecule has 88 valence electrons. The molecule has 1 heterocycles. The molecule has 4 heteroatoms. The lowest BCUT2D eigenvalue weighted by atomic mass is 10.0. The number of aryl methyl sites for hydroxylation is 1. The predicted octanol–water partition coefficient (Wildman–Crippen LogP) is 3.01. The van der Waals surface area contributed by atoms with E-state index in [-0.39, 0.29) is 5.56 Å². The first kappa shape index (κ1) is 11.7. The summed E-state index contributed by atoms with van der Waals surface area (Å²) in [6, 6.07) is 8.98. The first-order valence-corrected chi connectivity index (χ1v) is 5.53. The van der Waals surface area contributed by atoms with Crippen LogP contribution in [0.1, 0.15) is 5.56 Å². The van der Waals surface area contributed by atoms with E-state index in [0.717, 1.165) is 22.4 Å². The highest BCUT2D eigenvalue weighted by atomic mass is 35.5. The fourth-order valence-electron chi connectivity index (χ4n) is 1.73. The molecular formula is C13H12ClNO2. The first-order valence-electron chi connectivity index (χ1n) is 5.15. The van der Waals surface area contributed by atoms with E-state index in [4.69, 9.17) is 16.3 Å². The summed E-state index contributed by atoms with van der Waals surface area (Å²) in [5, 5.41) is 0.334. The maximum absolute atomic E-state index is 11.3. The van der Waals surface area contributed by atoms with Crippen molar-refractivity contribution in [3.63, 3.8) is 0 Å². The summed E-state index contributed by atoms with van der Waals surface area (Å²) in [7, 11) is 1.63. The molecule has 0 unspecified atom stereocenters. The second-order valence-corrected chi connectivity index (χ2v) is 4.17. The number of nitrogens with one attached hydrogen (secondary N) is 1. The van der Waals surface area contributed by atoms with Gasteiger partial charge in [-0.2, -0.15) is 0 Å². The monoisotopic (exact) mass is 249 g/mol. The minimum atomic E-state index is -0.207. The minimum absolute atomic E-state index is 0.207. The largest absolute Gasteiger partial charge is 0.496 e. The van der Waals surface area contributed by atoms with Crippen molar-refractivity contribution in [1.29, 1.82) is 0 Å². The van der Waals surface area contributed by atoms with Gasteiger partial charge in [-0.05, 0) is 41.8 Å². The molecule has 0 atom stereocenters. The Bertz CT molecular complexity index is 605. The number of H-pyrrole nitrogens is 1. The van der Waals surface area contributed by atoms with Crippen molar-refractivity contribution in [3.8, 4) is 16.9 Å². The number of aromatic amines is 1. The fraction of sp³-hybridized carbons (Fsp3) is 0.154. The molecule has 17 heavy (non-hydrogen) atoms. The number of aromatic nitrogens is 1. The minimum Gasteiger partial charge on any atom is -0.496 e. The van der Waals surface area contributed by atoms with Gasteiger partial charge in [0.05, 0.1) is 7.11 Å². The van der Waals surface area contributed by atoms with E-state index >= 15 is 0 Å². The van der Waals surface area contributed by atoms with Gasteiger partial charge in [-0.25, -0.2) is 0 Å². The van der Waals surface area contributed by atoms with Crippen LogP contribution in [0.2, 0.25) is 5.15 Å². The smallest absolute Gasteiger partial charge is 0.249 e. The molecule has 0 saturated carbocycles. The zero-order valence-electron chi connectivity index (χ0n) is 9.58. The summed E-state index contributed by atoms with van der Waals surface area (Å²) in [4.78, 5) is 13.8. The van der Waals surface area contributed by atoms with Crippen molar-refractivity contribution in [2.45, 2.75) is 6.92 Å². The lowest BCUT2D eigenvalue weighted by Gasteiger charge is -2.07. The van der Waals surface area contributed by atoms with Gasteiger partial charge in [0, 0.05) is 6.07 Å². The summed E-state index contributed by atoms with van der Waals surface area (Å²) in [6.45, 7) is 1.96. The molecule has 1 aromatic heterocycles. The number of hydrogen-bond acceptors (Lipinski definition) is 2. The molecule has 0 aliphatic carbocycles. The quantitative estimate of drug-likeness (QED) is 0.832. The number of hydrogen-bond donors (Lipinski definition) is 1. The van der Waals surface area contributed by atoms with Crippen molar-refractivity contribution in [1.82, 2.24) is 4.98 Å². The number of ether oxygens (including phenoxy) is 1. The van der Waals surface area contributed by atoms with E-state index in [2.05, 4.69) is 4.98 Å². The van der Waals surface area contributed by atoms with E-state index < -0.39 is 0 Å². The Balaban J connectivity index is 2.53. The van der Waals surface area contributed by atoms with Gasteiger partial charge < -0.3 is 9.72 Å². The van der Waals surface area contributed by atoms with E-state index in [1.54, 1.807) is 13.2 Å². The third-order valence-electron chi connectivity index (χ3n) is 2.54. The summed E-state index contributed by atoms with van der Waals surface area (Å²) < 4.78 is 5.19. The average molecular weight is 250 g/mol. The van der Waals surface area contributed by atoms with Crippen molar-refractivity contribution < 1.29 is 4.74 Å². The van der Waals surface area contributed by atoms with Gasteiger partial charge in [-0.15, -0.1) is 0 Å². The van der Waals surface area contributed by atoms with Gasteiger partial charge in [0.2, 0.25) is 5.56 Å². The molecular weight excluding hydrogens is 238 g/mol. The molecule has 3 nitrogen and oxygen atoms in total. The van der Waals surface area contributed by atoms with Crippen LogP contribution in [0, 0.1) is 6.92 Å². The molecule has 0 saturated heterocycles. The average Bonchev–Trinajstić information content (AvgIpc) is 2.27. The molecule has 0 fully saturated rings. The molecule has 0 bridgehead atoms. The summed E-state index contributed by atoms with van der Waals surface area (Å²) in [5.41, 5.74) is 2.54. The molecule has 1 aromatic carbocycles. The summed E-state index contributed by atoms with van der Waals surface area (Å²) in [6.07, 6.45) is 0. The van der Waals surface area contributed by atoms with Gasteiger partial charge in [0.1, 0.15) is 10.9 Å². The van der Waals surface area contributed by atoms with E-state index in [1.165, 1.54) is 6.07 Å². The van der Waals surface area contributed by atoms with Crippen LogP contribution in [0.4, 0.5) is 0 Å². The number of halogens is 1. The van der Waals surface area contributed by atoms with Gasteiger partial charge in [0.15, 0.2) is 0 Å². The third-order valence-corrected chi connectivity index (χ3v) is 2.74. The SMILES string of the molecule is COc1ccc(-c2cc(Cl)[nH]c(=O)c2)cc1C. The number of pyridine rings is 1. The highest BCUT2D eigenvalue weighted by Gasteiger charge is 2.04. The van der Waals surface area contributed by atoms with Crippen LogP contribution >= 0.6 is 11.6 Å². The van der Waals surface area contributed by atoms with Crippen LogP contribution in [0.25, 0.3) is 11.1 Å². The lowest BCUT2D eigenvalue weighted by molar-refractivity contribution is 0.412. The number of benzene rings is 1. The number of rotatable bonds is 2. The normalized spacial score (nSPS) is 10.3. The molecule has 0 spiro atoms. The maximum Gasteiger partial charge on any atom is 0.249 e. The van der Waals surface area contributed by atoms with Crippen LogP contribution in [-0.2, 0) is 0 Å². The van der Waals surface area contributed by atoms with Crippen LogP contribution in [0.5, 0.6) is 5.75 Å². The van der Waals surface area contributed by atoms with Crippen LogP contribution < -0.4 is 10.3 Å².